The summed E-state index contributed by atoms with van der Waals surface area (Å²) in [7, 11) is -1.89. The molecule has 0 saturated carbocycles. The summed E-state index contributed by atoms with van der Waals surface area (Å²) in [6, 6.07) is 13.4. The molecule has 0 radical (unpaired) electrons. The molecule has 9 nitrogen and oxygen atoms in total. The average Bonchev–Trinajstić information content (AvgIpc) is 3.19. The first-order chi connectivity index (χ1) is 14.2. The number of ether oxygens (including phenoxy) is 1. The summed E-state index contributed by atoms with van der Waals surface area (Å²) in [5.74, 6) is 0.603. The molecule has 1 aromatic heterocycles. The number of amides is 1. The molecule has 0 fully saturated rings. The molecule has 0 unspecified atom stereocenters. The summed E-state index contributed by atoms with van der Waals surface area (Å²) < 4.78 is 34.7. The van der Waals surface area contributed by atoms with Crippen molar-refractivity contribution in [2.45, 2.75) is 6.54 Å². The van der Waals surface area contributed by atoms with Gasteiger partial charge in [-0.2, -0.15) is 4.98 Å². The minimum atomic E-state index is -3.35. The lowest BCUT2D eigenvalue weighted by molar-refractivity contribution is -0.123. The van der Waals surface area contributed by atoms with E-state index in [0.717, 1.165) is 10.6 Å². The topological polar surface area (TPSA) is 115 Å². The molecule has 0 saturated heterocycles. The van der Waals surface area contributed by atoms with Crippen molar-refractivity contribution in [3.05, 3.63) is 59.4 Å². The van der Waals surface area contributed by atoms with Crippen LogP contribution in [0.2, 0.25) is 5.02 Å². The van der Waals surface area contributed by atoms with E-state index in [4.69, 9.17) is 20.9 Å². The fourth-order valence-corrected chi connectivity index (χ4v) is 3.12. The van der Waals surface area contributed by atoms with Crippen LogP contribution in [0, 0.1) is 0 Å². The SMILES string of the molecule is CN(c1ccc(OCC(=O)NCc2nc(-c3ccccc3Cl)no2)cc1)S(C)(=O)=O. The number of anilines is 1. The summed E-state index contributed by atoms with van der Waals surface area (Å²) in [4.78, 5) is 16.2. The molecule has 3 aromatic rings. The van der Waals surface area contributed by atoms with Gasteiger partial charge in [-0.3, -0.25) is 9.10 Å². The Morgan fingerprint density at radius 1 is 1.20 bits per heavy atom. The van der Waals surface area contributed by atoms with Crippen LogP contribution in [0.5, 0.6) is 5.75 Å². The molecular formula is C19H19ClN4O5S. The van der Waals surface area contributed by atoms with Crippen LogP contribution in [0.1, 0.15) is 5.89 Å². The van der Waals surface area contributed by atoms with Gasteiger partial charge in [-0.1, -0.05) is 28.9 Å². The second-order valence-corrected chi connectivity index (χ2v) is 8.70. The number of halogens is 1. The van der Waals surface area contributed by atoms with Crippen LogP contribution in [0.15, 0.2) is 53.1 Å². The largest absolute Gasteiger partial charge is 0.484 e. The van der Waals surface area contributed by atoms with Crippen LogP contribution in [0.25, 0.3) is 11.4 Å². The second kappa shape index (κ2) is 9.14. The highest BCUT2D eigenvalue weighted by Crippen LogP contribution is 2.24. The zero-order valence-corrected chi connectivity index (χ0v) is 17.8. The van der Waals surface area contributed by atoms with Crippen LogP contribution in [0.3, 0.4) is 0 Å². The van der Waals surface area contributed by atoms with Crippen molar-refractivity contribution in [1.82, 2.24) is 15.5 Å². The van der Waals surface area contributed by atoms with Gasteiger partial charge in [0.2, 0.25) is 21.7 Å². The summed E-state index contributed by atoms with van der Waals surface area (Å²) in [5.41, 5.74) is 1.12. The third-order valence-corrected chi connectivity index (χ3v) is 5.62. The Morgan fingerprint density at radius 3 is 2.57 bits per heavy atom. The molecule has 3 rings (SSSR count). The molecule has 0 bridgehead atoms. The summed E-state index contributed by atoms with van der Waals surface area (Å²) in [6.45, 7) is -0.190. The summed E-state index contributed by atoms with van der Waals surface area (Å²) in [6.07, 6.45) is 1.11. The van der Waals surface area contributed by atoms with Crippen molar-refractivity contribution in [3.8, 4) is 17.1 Å². The van der Waals surface area contributed by atoms with E-state index in [-0.39, 0.29) is 24.9 Å². The fourth-order valence-electron chi connectivity index (χ4n) is 2.40. The Morgan fingerprint density at radius 2 is 1.90 bits per heavy atom. The van der Waals surface area contributed by atoms with Crippen LogP contribution < -0.4 is 14.4 Å². The van der Waals surface area contributed by atoms with Gasteiger partial charge in [0.1, 0.15) is 5.75 Å². The predicted octanol–water partition coefficient (Wildman–Crippen LogP) is 2.48. The van der Waals surface area contributed by atoms with Gasteiger partial charge in [0.05, 0.1) is 23.5 Å². The van der Waals surface area contributed by atoms with Gasteiger partial charge >= 0.3 is 0 Å². The number of carbonyl (C=O) groups is 1. The molecule has 158 valence electrons. The maximum Gasteiger partial charge on any atom is 0.258 e. The van der Waals surface area contributed by atoms with Gasteiger partial charge in [0, 0.05) is 12.6 Å². The third-order valence-electron chi connectivity index (χ3n) is 4.09. The minimum Gasteiger partial charge on any atom is -0.484 e. The lowest BCUT2D eigenvalue weighted by Gasteiger charge is -2.16. The lowest BCUT2D eigenvalue weighted by atomic mass is 10.2. The first-order valence-electron chi connectivity index (χ1n) is 8.75. The Balaban J connectivity index is 1.49. The highest BCUT2D eigenvalue weighted by Gasteiger charge is 2.13. The molecule has 11 heteroatoms. The van der Waals surface area contributed by atoms with Gasteiger partial charge in [0.25, 0.3) is 5.91 Å². The first-order valence-corrected chi connectivity index (χ1v) is 11.0. The maximum absolute atomic E-state index is 12.0. The van der Waals surface area contributed by atoms with E-state index in [9.17, 15) is 13.2 Å². The molecular weight excluding hydrogens is 432 g/mol. The molecule has 0 aliphatic carbocycles. The van der Waals surface area contributed by atoms with Crippen molar-refractivity contribution >= 4 is 33.2 Å². The molecule has 0 aliphatic heterocycles. The molecule has 30 heavy (non-hydrogen) atoms. The Bertz CT molecular complexity index is 1130. The van der Waals surface area contributed by atoms with Gasteiger partial charge in [-0.05, 0) is 36.4 Å². The molecule has 1 N–H and O–H groups in total. The van der Waals surface area contributed by atoms with E-state index in [1.165, 1.54) is 7.05 Å². The van der Waals surface area contributed by atoms with E-state index >= 15 is 0 Å². The summed E-state index contributed by atoms with van der Waals surface area (Å²) in [5, 5.41) is 6.97. The highest BCUT2D eigenvalue weighted by molar-refractivity contribution is 7.92. The van der Waals surface area contributed by atoms with Crippen LogP contribution >= 0.6 is 11.6 Å². The van der Waals surface area contributed by atoms with E-state index < -0.39 is 10.0 Å². The number of sulfonamides is 1. The zero-order chi connectivity index (χ0) is 21.7. The van der Waals surface area contributed by atoms with Crippen molar-refractivity contribution in [2.24, 2.45) is 0 Å². The molecule has 0 spiro atoms. The van der Waals surface area contributed by atoms with Gasteiger partial charge in [-0.15, -0.1) is 0 Å². The van der Waals surface area contributed by atoms with Gasteiger partial charge in [0.15, 0.2) is 6.61 Å². The van der Waals surface area contributed by atoms with E-state index in [2.05, 4.69) is 15.5 Å². The predicted molar refractivity (Wildman–Crippen MR) is 112 cm³/mol. The first kappa shape index (κ1) is 21.6. The monoisotopic (exact) mass is 450 g/mol. The van der Waals surface area contributed by atoms with Gasteiger partial charge < -0.3 is 14.6 Å². The highest BCUT2D eigenvalue weighted by atomic mass is 35.5. The normalized spacial score (nSPS) is 11.2. The quantitative estimate of drug-likeness (QED) is 0.560. The molecule has 1 heterocycles. The van der Waals surface area contributed by atoms with E-state index in [1.54, 1.807) is 42.5 Å². The smallest absolute Gasteiger partial charge is 0.258 e. The molecule has 1 amide bonds. The number of rotatable bonds is 8. The van der Waals surface area contributed by atoms with E-state index in [1.807, 2.05) is 6.07 Å². The standard InChI is InChI=1S/C19H19ClN4O5S/c1-24(30(2,26)27)13-7-9-14(10-8-13)28-12-17(25)21-11-18-22-19(23-29-18)15-5-3-4-6-16(15)20/h3-10H,11-12H2,1-2H3,(H,21,25). The second-order valence-electron chi connectivity index (χ2n) is 6.28. The molecule has 0 atom stereocenters. The number of hydrogen-bond donors (Lipinski definition) is 1. The number of nitrogens with zero attached hydrogens (tertiary/aromatic N) is 3. The third kappa shape index (κ3) is 5.49. The minimum absolute atomic E-state index is 0.0394. The number of carbonyl (C=O) groups excluding carboxylic acids is 1. The Hall–Kier alpha value is -3.11. The lowest BCUT2D eigenvalue weighted by Crippen LogP contribution is -2.28. The zero-order valence-electron chi connectivity index (χ0n) is 16.2. The van der Waals surface area contributed by atoms with Gasteiger partial charge in [-0.25, -0.2) is 8.42 Å². The number of benzene rings is 2. The number of nitrogens with one attached hydrogen (secondary N) is 1. The Kier molecular flexibility index (Phi) is 6.58. The van der Waals surface area contributed by atoms with Crippen molar-refractivity contribution in [3.63, 3.8) is 0 Å². The van der Waals surface area contributed by atoms with Crippen molar-refractivity contribution < 1.29 is 22.5 Å². The van der Waals surface area contributed by atoms with Crippen LogP contribution in [-0.4, -0.2) is 44.4 Å². The summed E-state index contributed by atoms with van der Waals surface area (Å²) >= 11 is 6.10. The van der Waals surface area contributed by atoms with Crippen molar-refractivity contribution in [2.75, 3.05) is 24.2 Å². The van der Waals surface area contributed by atoms with Crippen LogP contribution in [-0.2, 0) is 21.4 Å². The Labute approximate surface area is 178 Å². The molecule has 2 aromatic carbocycles. The van der Waals surface area contributed by atoms with Crippen LogP contribution in [0.4, 0.5) is 5.69 Å². The van der Waals surface area contributed by atoms with Crippen molar-refractivity contribution in [1.29, 1.82) is 0 Å². The average molecular weight is 451 g/mol. The number of hydrogen-bond acceptors (Lipinski definition) is 7. The molecule has 0 aliphatic rings. The fraction of sp³-hybridized carbons (Fsp3) is 0.211. The maximum atomic E-state index is 12.0. The number of aromatic nitrogens is 2. The van der Waals surface area contributed by atoms with E-state index in [0.29, 0.717) is 27.8 Å².